The van der Waals surface area contributed by atoms with Crippen LogP contribution < -0.4 is 15.4 Å². The molecule has 0 aliphatic carbocycles. The molecule has 3 amide bonds. The van der Waals surface area contributed by atoms with Gasteiger partial charge in [0, 0.05) is 22.1 Å². The van der Waals surface area contributed by atoms with Gasteiger partial charge in [0.25, 0.3) is 0 Å². The average molecular weight is 400 g/mol. The number of likely N-dealkylation sites (N-methyl/N-ethyl adjacent to an activating group) is 1. The normalized spacial score (nSPS) is 12.7. The van der Waals surface area contributed by atoms with Gasteiger partial charge in [-0.3, -0.25) is 15.0 Å². The van der Waals surface area contributed by atoms with Gasteiger partial charge in [-0.05, 0) is 52.9 Å². The van der Waals surface area contributed by atoms with E-state index in [0.717, 1.165) is 15.8 Å². The van der Waals surface area contributed by atoms with Gasteiger partial charge in [0.1, 0.15) is 5.75 Å². The maximum absolute atomic E-state index is 12.2. The summed E-state index contributed by atoms with van der Waals surface area (Å²) < 4.78 is 6.29. The van der Waals surface area contributed by atoms with Crippen LogP contribution in [0.25, 0.3) is 0 Å². The van der Waals surface area contributed by atoms with Crippen LogP contribution in [0, 0.1) is 0 Å². The first-order valence-corrected chi connectivity index (χ1v) is 8.48. The van der Waals surface area contributed by atoms with Crippen LogP contribution in [0.15, 0.2) is 22.7 Å². The van der Waals surface area contributed by atoms with Crippen LogP contribution in [0.2, 0.25) is 0 Å². The van der Waals surface area contributed by atoms with E-state index in [-0.39, 0.29) is 5.91 Å². The summed E-state index contributed by atoms with van der Waals surface area (Å²) in [5, 5.41) is 5.08. The Morgan fingerprint density at radius 3 is 2.50 bits per heavy atom. The Morgan fingerprint density at radius 2 is 1.96 bits per heavy atom. The molecular weight excluding hydrogens is 374 g/mol. The van der Waals surface area contributed by atoms with Gasteiger partial charge in [-0.2, -0.15) is 0 Å². The Bertz CT molecular complexity index is 599. The SMILES string of the molecule is COc1ccc(Br)cc1CN(C)C(C)C(=O)NC(=O)NC(C)(C)C. The molecule has 0 fully saturated rings. The second-order valence-corrected chi connectivity index (χ2v) is 7.66. The van der Waals surface area contributed by atoms with E-state index in [4.69, 9.17) is 4.74 Å². The van der Waals surface area contributed by atoms with Crippen molar-refractivity contribution in [2.75, 3.05) is 14.2 Å². The molecule has 24 heavy (non-hydrogen) atoms. The van der Waals surface area contributed by atoms with E-state index < -0.39 is 17.6 Å². The molecule has 0 aliphatic rings. The third kappa shape index (κ3) is 6.49. The third-order valence-corrected chi connectivity index (χ3v) is 3.92. The van der Waals surface area contributed by atoms with Crippen molar-refractivity contribution in [1.29, 1.82) is 0 Å². The van der Waals surface area contributed by atoms with E-state index in [1.807, 2.05) is 50.9 Å². The molecule has 0 heterocycles. The van der Waals surface area contributed by atoms with Crippen LogP contribution in [0.5, 0.6) is 5.75 Å². The minimum absolute atomic E-state index is 0.354. The minimum Gasteiger partial charge on any atom is -0.496 e. The molecule has 7 heteroatoms. The highest BCUT2D eigenvalue weighted by atomic mass is 79.9. The number of halogens is 1. The predicted molar refractivity (Wildman–Crippen MR) is 98.1 cm³/mol. The maximum atomic E-state index is 12.2. The first-order chi connectivity index (χ1) is 11.0. The zero-order valence-electron chi connectivity index (χ0n) is 15.1. The van der Waals surface area contributed by atoms with Crippen LogP contribution in [0.1, 0.15) is 33.3 Å². The van der Waals surface area contributed by atoms with Gasteiger partial charge in [-0.25, -0.2) is 4.79 Å². The molecule has 1 atom stereocenters. The molecule has 6 nitrogen and oxygen atoms in total. The zero-order chi connectivity index (χ0) is 18.5. The Kier molecular flexibility index (Phi) is 7.23. The van der Waals surface area contributed by atoms with Crippen molar-refractivity contribution in [3.63, 3.8) is 0 Å². The predicted octanol–water partition coefficient (Wildman–Crippen LogP) is 2.90. The highest BCUT2D eigenvalue weighted by Gasteiger charge is 2.23. The molecule has 0 radical (unpaired) electrons. The van der Waals surface area contributed by atoms with Gasteiger partial charge in [-0.1, -0.05) is 15.9 Å². The third-order valence-electron chi connectivity index (χ3n) is 3.43. The first kappa shape index (κ1) is 20.4. The van der Waals surface area contributed by atoms with Gasteiger partial charge in [0.2, 0.25) is 5.91 Å². The summed E-state index contributed by atoms with van der Waals surface area (Å²) in [4.78, 5) is 25.9. The summed E-state index contributed by atoms with van der Waals surface area (Å²) in [5.41, 5.74) is 0.552. The summed E-state index contributed by atoms with van der Waals surface area (Å²) in [6.07, 6.45) is 0. The molecule has 2 N–H and O–H groups in total. The van der Waals surface area contributed by atoms with E-state index in [9.17, 15) is 9.59 Å². The second kappa shape index (κ2) is 8.48. The number of carbonyl (C=O) groups is 2. The molecule has 0 spiro atoms. The number of ether oxygens (including phenoxy) is 1. The second-order valence-electron chi connectivity index (χ2n) is 6.74. The number of nitrogens with one attached hydrogen (secondary N) is 2. The van der Waals surface area contributed by atoms with Crippen LogP contribution in [-0.2, 0) is 11.3 Å². The Hall–Kier alpha value is -1.60. The number of hydrogen-bond donors (Lipinski definition) is 2. The molecule has 1 aromatic rings. The number of hydrogen-bond acceptors (Lipinski definition) is 4. The first-order valence-electron chi connectivity index (χ1n) is 7.69. The van der Waals surface area contributed by atoms with E-state index >= 15 is 0 Å². The van der Waals surface area contributed by atoms with Gasteiger partial charge < -0.3 is 10.1 Å². The van der Waals surface area contributed by atoms with E-state index in [2.05, 4.69) is 26.6 Å². The van der Waals surface area contributed by atoms with Crippen molar-refractivity contribution >= 4 is 27.9 Å². The molecule has 1 unspecified atom stereocenters. The molecule has 1 rings (SSSR count). The van der Waals surface area contributed by atoms with Gasteiger partial charge in [0.15, 0.2) is 0 Å². The largest absolute Gasteiger partial charge is 0.496 e. The van der Waals surface area contributed by atoms with Gasteiger partial charge in [-0.15, -0.1) is 0 Å². The lowest BCUT2D eigenvalue weighted by atomic mass is 10.1. The van der Waals surface area contributed by atoms with E-state index in [0.29, 0.717) is 6.54 Å². The lowest BCUT2D eigenvalue weighted by molar-refractivity contribution is -0.124. The fourth-order valence-electron chi connectivity index (χ4n) is 2.06. The summed E-state index contributed by atoms with van der Waals surface area (Å²) in [7, 11) is 3.44. The quantitative estimate of drug-likeness (QED) is 0.798. The summed E-state index contributed by atoms with van der Waals surface area (Å²) in [6.45, 7) is 7.83. The molecule has 1 aromatic carbocycles. The maximum Gasteiger partial charge on any atom is 0.321 e. The topological polar surface area (TPSA) is 70.7 Å². The number of urea groups is 1. The van der Waals surface area contributed by atoms with Gasteiger partial charge in [0.05, 0.1) is 13.2 Å². The smallest absolute Gasteiger partial charge is 0.321 e. The Labute approximate surface area is 152 Å². The fourth-order valence-corrected chi connectivity index (χ4v) is 2.47. The molecule has 0 saturated heterocycles. The molecular formula is C17H26BrN3O3. The molecule has 0 bridgehead atoms. The van der Waals surface area contributed by atoms with Crippen LogP contribution in [-0.4, -0.2) is 42.6 Å². The van der Waals surface area contributed by atoms with Gasteiger partial charge >= 0.3 is 6.03 Å². The van der Waals surface area contributed by atoms with Crippen molar-refractivity contribution in [3.05, 3.63) is 28.2 Å². The lowest BCUT2D eigenvalue weighted by Gasteiger charge is -2.26. The monoisotopic (exact) mass is 399 g/mol. The number of rotatable bonds is 5. The van der Waals surface area contributed by atoms with Crippen molar-refractivity contribution in [3.8, 4) is 5.75 Å². The molecule has 0 aromatic heterocycles. The highest BCUT2D eigenvalue weighted by molar-refractivity contribution is 9.10. The van der Waals surface area contributed by atoms with Crippen molar-refractivity contribution in [1.82, 2.24) is 15.5 Å². The van der Waals surface area contributed by atoms with Crippen molar-refractivity contribution < 1.29 is 14.3 Å². The Balaban J connectivity index is 2.70. The molecule has 0 aliphatic heterocycles. The van der Waals surface area contributed by atoms with Crippen LogP contribution in [0.3, 0.4) is 0 Å². The number of carbonyl (C=O) groups excluding carboxylic acids is 2. The van der Waals surface area contributed by atoms with Crippen LogP contribution in [0.4, 0.5) is 4.79 Å². The van der Waals surface area contributed by atoms with E-state index in [1.165, 1.54) is 0 Å². The molecule has 134 valence electrons. The number of benzene rings is 1. The number of amides is 3. The fraction of sp³-hybridized carbons (Fsp3) is 0.529. The Morgan fingerprint density at radius 1 is 1.33 bits per heavy atom. The number of methoxy groups -OCH3 is 1. The summed E-state index contributed by atoms with van der Waals surface area (Å²) in [5.74, 6) is 0.399. The van der Waals surface area contributed by atoms with Crippen LogP contribution >= 0.6 is 15.9 Å². The number of nitrogens with zero attached hydrogens (tertiary/aromatic N) is 1. The summed E-state index contributed by atoms with van der Waals surface area (Å²) in [6, 6.07) is 4.75. The van der Waals surface area contributed by atoms with E-state index in [1.54, 1.807) is 14.0 Å². The lowest BCUT2D eigenvalue weighted by Crippen LogP contribution is -2.52. The van der Waals surface area contributed by atoms with Crippen molar-refractivity contribution in [2.45, 2.75) is 45.8 Å². The minimum atomic E-state index is -0.493. The summed E-state index contributed by atoms with van der Waals surface area (Å²) >= 11 is 3.44. The highest BCUT2D eigenvalue weighted by Crippen LogP contribution is 2.24. The average Bonchev–Trinajstić information content (AvgIpc) is 2.44. The molecule has 0 saturated carbocycles. The zero-order valence-corrected chi connectivity index (χ0v) is 16.7. The number of imide groups is 1. The standard InChI is InChI=1S/C17H26BrN3O3/c1-11(15(22)19-16(23)20-17(2,3)4)21(5)10-12-9-13(18)7-8-14(12)24-6/h7-9,11H,10H2,1-6H3,(H2,19,20,22,23). The van der Waals surface area contributed by atoms with Crippen molar-refractivity contribution in [2.24, 2.45) is 0 Å².